The van der Waals surface area contributed by atoms with E-state index in [4.69, 9.17) is 0 Å². The van der Waals surface area contributed by atoms with Crippen molar-refractivity contribution in [1.82, 2.24) is 10.2 Å². The first-order valence-corrected chi connectivity index (χ1v) is 5.90. The van der Waals surface area contributed by atoms with Crippen LogP contribution >= 0.6 is 11.3 Å². The van der Waals surface area contributed by atoms with Crippen LogP contribution in [0.4, 0.5) is 33.2 Å². The Morgan fingerprint density at radius 1 is 1.10 bits per heavy atom. The van der Waals surface area contributed by atoms with Gasteiger partial charge < -0.3 is 5.32 Å². The standard InChI is InChI=1S/C10H6F4N4OS/c11-5-1-3-6(4-2-5)15-8(19)16-9-18-17-7(20-9)10(12,13)14/h1-4H,(H2,15,16,18,19). The van der Waals surface area contributed by atoms with Gasteiger partial charge in [-0.1, -0.05) is 11.3 Å². The number of hydrogen-bond donors (Lipinski definition) is 2. The minimum absolute atomic E-state index is 0.202. The van der Waals surface area contributed by atoms with Crippen molar-refractivity contribution < 1.29 is 22.4 Å². The minimum Gasteiger partial charge on any atom is -0.308 e. The Labute approximate surface area is 113 Å². The van der Waals surface area contributed by atoms with Gasteiger partial charge in [-0.3, -0.25) is 5.32 Å². The van der Waals surface area contributed by atoms with Gasteiger partial charge in [0.15, 0.2) is 0 Å². The molecule has 0 saturated carbocycles. The maximum atomic E-state index is 12.6. The van der Waals surface area contributed by atoms with Gasteiger partial charge in [0.05, 0.1) is 0 Å². The van der Waals surface area contributed by atoms with Gasteiger partial charge in [0.2, 0.25) is 10.1 Å². The summed E-state index contributed by atoms with van der Waals surface area (Å²) in [6.07, 6.45) is -4.61. The third kappa shape index (κ3) is 3.63. The summed E-state index contributed by atoms with van der Waals surface area (Å²) < 4.78 is 49.4. The molecule has 2 N–H and O–H groups in total. The molecule has 0 aliphatic carbocycles. The lowest BCUT2D eigenvalue weighted by atomic mass is 10.3. The third-order valence-corrected chi connectivity index (χ3v) is 2.87. The molecule has 2 rings (SSSR count). The molecule has 0 saturated heterocycles. The second kappa shape index (κ2) is 5.41. The molecule has 20 heavy (non-hydrogen) atoms. The second-order valence-corrected chi connectivity index (χ2v) is 4.47. The zero-order chi connectivity index (χ0) is 14.8. The summed E-state index contributed by atoms with van der Waals surface area (Å²) in [4.78, 5) is 11.5. The summed E-state index contributed by atoms with van der Waals surface area (Å²) in [5.74, 6) is -0.477. The summed E-state index contributed by atoms with van der Waals surface area (Å²) in [6.45, 7) is 0. The monoisotopic (exact) mass is 306 g/mol. The van der Waals surface area contributed by atoms with Gasteiger partial charge in [-0.25, -0.2) is 9.18 Å². The van der Waals surface area contributed by atoms with Crippen molar-refractivity contribution in [3.05, 3.63) is 35.1 Å². The number of aromatic nitrogens is 2. The van der Waals surface area contributed by atoms with E-state index in [9.17, 15) is 22.4 Å². The van der Waals surface area contributed by atoms with Crippen LogP contribution in [0.25, 0.3) is 0 Å². The predicted octanol–water partition coefficient (Wildman–Crippen LogP) is 3.34. The lowest BCUT2D eigenvalue weighted by Gasteiger charge is -2.04. The molecule has 0 atom stereocenters. The molecule has 0 radical (unpaired) electrons. The number of alkyl halides is 3. The summed E-state index contributed by atoms with van der Waals surface area (Å²) in [5, 5.41) is 9.06. The second-order valence-electron chi connectivity index (χ2n) is 3.50. The maximum Gasteiger partial charge on any atom is 0.445 e. The van der Waals surface area contributed by atoms with Crippen molar-refractivity contribution in [1.29, 1.82) is 0 Å². The van der Waals surface area contributed by atoms with E-state index in [1.54, 1.807) is 0 Å². The van der Waals surface area contributed by atoms with Gasteiger partial charge in [-0.05, 0) is 24.3 Å². The van der Waals surface area contributed by atoms with E-state index in [0.717, 1.165) is 12.1 Å². The van der Waals surface area contributed by atoms with Crippen LogP contribution in [-0.2, 0) is 6.18 Å². The molecule has 0 spiro atoms. The van der Waals surface area contributed by atoms with Crippen molar-refractivity contribution in [2.75, 3.05) is 10.6 Å². The highest BCUT2D eigenvalue weighted by molar-refractivity contribution is 7.15. The van der Waals surface area contributed by atoms with Gasteiger partial charge >= 0.3 is 12.2 Å². The summed E-state index contributed by atoms with van der Waals surface area (Å²) in [6, 6.07) is 4.05. The number of rotatable bonds is 2. The van der Waals surface area contributed by atoms with Crippen molar-refractivity contribution in [2.45, 2.75) is 6.18 Å². The fourth-order valence-corrected chi connectivity index (χ4v) is 1.79. The Hall–Kier alpha value is -2.23. The van der Waals surface area contributed by atoms with E-state index in [0.29, 0.717) is 0 Å². The lowest BCUT2D eigenvalue weighted by Crippen LogP contribution is -2.19. The number of nitrogens with one attached hydrogen (secondary N) is 2. The zero-order valence-corrected chi connectivity index (χ0v) is 10.3. The van der Waals surface area contributed by atoms with E-state index in [1.807, 2.05) is 0 Å². The average Bonchev–Trinajstić information content (AvgIpc) is 2.80. The Balaban J connectivity index is 1.98. The van der Waals surface area contributed by atoms with Crippen molar-refractivity contribution in [3.63, 3.8) is 0 Å². The van der Waals surface area contributed by atoms with Crippen LogP contribution in [0.15, 0.2) is 24.3 Å². The number of urea groups is 1. The molecule has 0 aliphatic rings. The van der Waals surface area contributed by atoms with E-state index in [1.165, 1.54) is 12.1 Å². The molecular formula is C10H6F4N4OS. The molecule has 0 aliphatic heterocycles. The first kappa shape index (κ1) is 14.2. The number of amides is 2. The topological polar surface area (TPSA) is 66.9 Å². The molecule has 0 bridgehead atoms. The lowest BCUT2D eigenvalue weighted by molar-refractivity contribution is -0.138. The molecular weight excluding hydrogens is 300 g/mol. The number of carbonyl (C=O) groups is 1. The number of benzene rings is 1. The van der Waals surface area contributed by atoms with E-state index in [2.05, 4.69) is 20.8 Å². The Morgan fingerprint density at radius 3 is 2.30 bits per heavy atom. The highest BCUT2D eigenvalue weighted by Crippen LogP contribution is 2.32. The minimum atomic E-state index is -4.61. The smallest absolute Gasteiger partial charge is 0.308 e. The first-order chi connectivity index (χ1) is 9.34. The molecule has 1 aromatic heterocycles. The molecule has 106 valence electrons. The summed E-state index contributed by atoms with van der Waals surface area (Å²) in [5.41, 5.74) is 0.282. The van der Waals surface area contributed by atoms with Crippen LogP contribution < -0.4 is 10.6 Å². The highest BCUT2D eigenvalue weighted by Gasteiger charge is 2.35. The summed E-state index contributed by atoms with van der Waals surface area (Å²) >= 11 is 0.202. The van der Waals surface area contributed by atoms with Crippen LogP contribution in [0.3, 0.4) is 0 Å². The summed E-state index contributed by atoms with van der Waals surface area (Å²) in [7, 11) is 0. The van der Waals surface area contributed by atoms with Crippen molar-refractivity contribution >= 4 is 28.2 Å². The molecule has 2 aromatic rings. The number of carbonyl (C=O) groups excluding carboxylic acids is 1. The maximum absolute atomic E-state index is 12.6. The average molecular weight is 306 g/mol. The molecule has 1 heterocycles. The quantitative estimate of drug-likeness (QED) is 0.836. The molecule has 1 aromatic carbocycles. The van der Waals surface area contributed by atoms with Crippen LogP contribution in [0.2, 0.25) is 0 Å². The number of halogens is 4. The van der Waals surface area contributed by atoms with Crippen LogP contribution in [0, 0.1) is 5.82 Å². The van der Waals surface area contributed by atoms with Crippen LogP contribution in [-0.4, -0.2) is 16.2 Å². The largest absolute Gasteiger partial charge is 0.445 e. The van der Waals surface area contributed by atoms with Crippen LogP contribution in [0.1, 0.15) is 5.01 Å². The molecule has 0 fully saturated rings. The van der Waals surface area contributed by atoms with Crippen molar-refractivity contribution in [2.24, 2.45) is 0 Å². The van der Waals surface area contributed by atoms with Crippen molar-refractivity contribution in [3.8, 4) is 0 Å². The Bertz CT molecular complexity index is 610. The van der Waals surface area contributed by atoms with E-state index < -0.39 is 23.0 Å². The predicted molar refractivity (Wildman–Crippen MR) is 64.0 cm³/mol. The molecule has 0 unspecified atom stereocenters. The zero-order valence-electron chi connectivity index (χ0n) is 9.53. The van der Waals surface area contributed by atoms with Gasteiger partial charge in [0, 0.05) is 5.69 Å². The number of nitrogens with zero attached hydrogens (tertiary/aromatic N) is 2. The SMILES string of the molecule is O=C(Nc1ccc(F)cc1)Nc1nnc(C(F)(F)F)s1. The van der Waals surface area contributed by atoms with E-state index in [-0.39, 0.29) is 22.2 Å². The Morgan fingerprint density at radius 2 is 1.75 bits per heavy atom. The van der Waals surface area contributed by atoms with Gasteiger partial charge in [0.25, 0.3) is 0 Å². The Kier molecular flexibility index (Phi) is 3.84. The van der Waals surface area contributed by atoms with Crippen LogP contribution in [0.5, 0.6) is 0 Å². The number of anilines is 2. The highest BCUT2D eigenvalue weighted by atomic mass is 32.1. The third-order valence-electron chi connectivity index (χ3n) is 1.99. The molecule has 10 heteroatoms. The molecule has 2 amide bonds. The normalized spacial score (nSPS) is 11.2. The number of hydrogen-bond acceptors (Lipinski definition) is 4. The fraction of sp³-hybridized carbons (Fsp3) is 0.100. The molecule has 5 nitrogen and oxygen atoms in total. The van der Waals surface area contributed by atoms with Gasteiger partial charge in [0.1, 0.15) is 5.82 Å². The van der Waals surface area contributed by atoms with Gasteiger partial charge in [-0.2, -0.15) is 13.2 Å². The fourth-order valence-electron chi connectivity index (χ4n) is 1.18. The first-order valence-electron chi connectivity index (χ1n) is 5.09. The van der Waals surface area contributed by atoms with E-state index >= 15 is 0 Å². The van der Waals surface area contributed by atoms with Gasteiger partial charge in [-0.15, -0.1) is 10.2 Å².